The van der Waals surface area contributed by atoms with E-state index in [1.165, 1.54) is 19.3 Å². The Balaban J connectivity index is 0.00000155. The molecule has 1 aliphatic heterocycles. The Morgan fingerprint density at radius 1 is 0.857 bits per heavy atom. The van der Waals surface area contributed by atoms with E-state index < -0.39 is 7.82 Å². The van der Waals surface area contributed by atoms with Crippen LogP contribution in [0.3, 0.4) is 0 Å². The average molecular weight is 710 g/mol. The van der Waals surface area contributed by atoms with Crippen LogP contribution in [0.15, 0.2) is 30.3 Å². The van der Waals surface area contributed by atoms with Gasteiger partial charge in [0.05, 0.1) is 47.6 Å². The molecule has 1 aliphatic rings. The molecule has 1 heterocycles. The van der Waals surface area contributed by atoms with Crippen molar-refractivity contribution in [1.29, 1.82) is 0 Å². The average Bonchev–Trinajstić information content (AvgIpc) is 3.07. The van der Waals surface area contributed by atoms with E-state index in [0.29, 0.717) is 48.9 Å². The number of unbranched alkanes of at least 4 members (excludes halogenated alkanes) is 5. The molecular weight excluding hydrogens is 653 g/mol. The number of nitrogens with zero attached hydrogens (tertiary/aromatic N) is 2. The van der Waals surface area contributed by atoms with Crippen molar-refractivity contribution < 1.29 is 47.8 Å². The Bertz CT molecular complexity index is 1360. The van der Waals surface area contributed by atoms with E-state index in [2.05, 4.69) is 19.2 Å². The van der Waals surface area contributed by atoms with Crippen molar-refractivity contribution in [1.82, 2.24) is 15.1 Å². The van der Waals surface area contributed by atoms with Gasteiger partial charge in [0.25, 0.3) is 0 Å². The van der Waals surface area contributed by atoms with E-state index in [1.54, 1.807) is 33.3 Å². The van der Waals surface area contributed by atoms with Gasteiger partial charge in [-0.2, -0.15) is 0 Å². The van der Waals surface area contributed by atoms with Gasteiger partial charge in [0, 0.05) is 13.1 Å². The molecule has 0 saturated heterocycles. The number of carbonyl (C=O) groups is 2. The van der Waals surface area contributed by atoms with Crippen LogP contribution in [-0.4, -0.2) is 97.5 Å². The highest BCUT2D eigenvalue weighted by Gasteiger charge is 2.34. The molecule has 0 fully saturated rings. The van der Waals surface area contributed by atoms with Gasteiger partial charge < -0.3 is 48.7 Å². The third-order valence-electron chi connectivity index (χ3n) is 8.36. The number of methoxy groups -OCH3 is 4. The quantitative estimate of drug-likeness (QED) is 0.118. The first kappa shape index (κ1) is 41.8. The number of phosphoric acid groups is 1. The van der Waals surface area contributed by atoms with Gasteiger partial charge in [-0.1, -0.05) is 52.0 Å². The molecule has 0 bridgehead atoms. The molecule has 0 saturated carbocycles. The van der Waals surface area contributed by atoms with Crippen LogP contribution >= 0.6 is 7.82 Å². The summed E-state index contributed by atoms with van der Waals surface area (Å²) in [4.78, 5) is 52.7. The van der Waals surface area contributed by atoms with Gasteiger partial charge in [-0.3, -0.25) is 9.59 Å². The number of nitrogens with one attached hydrogen (secondary N) is 1. The number of benzene rings is 2. The zero-order valence-corrected chi connectivity index (χ0v) is 30.8. The lowest BCUT2D eigenvalue weighted by Crippen LogP contribution is -2.49. The summed E-state index contributed by atoms with van der Waals surface area (Å²) in [5, 5.41) is 3.22. The first-order valence-corrected chi connectivity index (χ1v) is 18.5. The van der Waals surface area contributed by atoms with E-state index >= 15 is 0 Å². The fraction of sp³-hybridized carbons (Fsp3) is 0.600. The summed E-state index contributed by atoms with van der Waals surface area (Å²) in [5.41, 5.74) is 3.16. The lowest BCUT2D eigenvalue weighted by atomic mass is 9.88. The molecule has 0 radical (unpaired) electrons. The Morgan fingerprint density at radius 2 is 1.45 bits per heavy atom. The minimum absolute atomic E-state index is 0.0272. The van der Waals surface area contributed by atoms with Gasteiger partial charge in [-0.15, -0.1) is 0 Å². The van der Waals surface area contributed by atoms with Crippen molar-refractivity contribution in [2.75, 3.05) is 61.2 Å². The van der Waals surface area contributed by atoms with E-state index in [1.807, 2.05) is 35.2 Å². The Labute approximate surface area is 291 Å². The third-order valence-corrected chi connectivity index (χ3v) is 8.36. The maximum absolute atomic E-state index is 14.1. The van der Waals surface area contributed by atoms with Gasteiger partial charge in [0.1, 0.15) is 0 Å². The van der Waals surface area contributed by atoms with E-state index in [0.717, 1.165) is 48.9 Å². The fourth-order valence-electron chi connectivity index (χ4n) is 5.89. The zero-order chi connectivity index (χ0) is 36.4. The highest BCUT2D eigenvalue weighted by Crippen LogP contribution is 2.40. The van der Waals surface area contributed by atoms with Gasteiger partial charge in [0.2, 0.25) is 11.8 Å². The molecule has 4 N–H and O–H groups in total. The summed E-state index contributed by atoms with van der Waals surface area (Å²) in [7, 11) is 1.85. The number of carbonyl (C=O) groups excluding carboxylic acids is 2. The van der Waals surface area contributed by atoms with Crippen LogP contribution in [0, 0.1) is 0 Å². The smallest absolute Gasteiger partial charge is 0.466 e. The molecule has 3 rings (SSSR count). The molecule has 49 heavy (non-hydrogen) atoms. The van der Waals surface area contributed by atoms with Gasteiger partial charge in [-0.05, 0) is 73.2 Å². The van der Waals surface area contributed by atoms with Crippen LogP contribution in [0.25, 0.3) is 0 Å². The summed E-state index contributed by atoms with van der Waals surface area (Å²) < 4.78 is 31.2. The van der Waals surface area contributed by atoms with Crippen molar-refractivity contribution in [2.45, 2.75) is 77.7 Å². The first-order valence-electron chi connectivity index (χ1n) is 16.9. The van der Waals surface area contributed by atoms with Crippen molar-refractivity contribution in [2.24, 2.45) is 0 Å². The van der Waals surface area contributed by atoms with E-state index in [-0.39, 0.29) is 30.9 Å². The number of hydrogen-bond donors (Lipinski definition) is 4. The summed E-state index contributed by atoms with van der Waals surface area (Å²) in [6.07, 6.45) is 8.95. The van der Waals surface area contributed by atoms with Crippen LogP contribution in [0.1, 0.15) is 81.5 Å². The minimum atomic E-state index is -4.64. The molecule has 1 atom stereocenters. The molecule has 2 aromatic carbocycles. The fourth-order valence-corrected chi connectivity index (χ4v) is 5.89. The standard InChI is InChI=1S/C35H53N3O6.H3O4P/c1-7-9-10-11-12-13-18-37(34(39)24-36-17-8-2)25-35(40)38-19-16-27-22-32(43-5)33(44-6)23-28(27)29(38)20-26-14-15-30(41-3)31(21-26)42-4;1-5(2,3)4/h14-15,21-23,29,36H,7-13,16-20,24-25H2,1-6H3;(H3,1,2,3,4). The lowest BCUT2D eigenvalue weighted by Gasteiger charge is -2.39. The largest absolute Gasteiger partial charge is 0.493 e. The molecule has 0 spiro atoms. The molecule has 1 unspecified atom stereocenters. The predicted molar refractivity (Wildman–Crippen MR) is 188 cm³/mol. The molecule has 14 heteroatoms. The van der Waals surface area contributed by atoms with Crippen LogP contribution in [0.2, 0.25) is 0 Å². The third kappa shape index (κ3) is 14.2. The normalized spacial score (nSPS) is 13.9. The maximum Gasteiger partial charge on any atom is 0.466 e. The lowest BCUT2D eigenvalue weighted by molar-refractivity contribution is -0.142. The van der Waals surface area contributed by atoms with E-state index in [4.69, 9.17) is 38.2 Å². The van der Waals surface area contributed by atoms with Crippen molar-refractivity contribution in [3.8, 4) is 23.0 Å². The van der Waals surface area contributed by atoms with Gasteiger partial charge in [0.15, 0.2) is 23.0 Å². The number of ether oxygens (including phenoxy) is 4. The molecule has 0 aliphatic carbocycles. The van der Waals surface area contributed by atoms with Gasteiger partial charge >= 0.3 is 7.82 Å². The number of amides is 2. The molecule has 0 aromatic heterocycles. The number of hydrogen-bond acceptors (Lipinski definition) is 8. The van der Waals surface area contributed by atoms with Crippen LogP contribution in [0.4, 0.5) is 0 Å². The highest BCUT2D eigenvalue weighted by molar-refractivity contribution is 7.45. The summed E-state index contributed by atoms with van der Waals surface area (Å²) >= 11 is 0. The Morgan fingerprint density at radius 3 is 2.06 bits per heavy atom. The maximum atomic E-state index is 14.1. The minimum Gasteiger partial charge on any atom is -0.493 e. The van der Waals surface area contributed by atoms with Crippen molar-refractivity contribution >= 4 is 19.6 Å². The molecule has 2 amide bonds. The molecule has 2 aromatic rings. The molecule has 276 valence electrons. The predicted octanol–water partition coefficient (Wildman–Crippen LogP) is 4.65. The Kier molecular flexibility index (Phi) is 18.5. The monoisotopic (exact) mass is 709 g/mol. The topological polar surface area (TPSA) is 167 Å². The number of fused-ring (bicyclic) bond motifs is 1. The summed E-state index contributed by atoms with van der Waals surface area (Å²) in [6, 6.07) is 9.62. The van der Waals surface area contributed by atoms with E-state index in [9.17, 15) is 9.59 Å². The summed E-state index contributed by atoms with van der Waals surface area (Å²) in [6.45, 7) is 6.49. The highest BCUT2D eigenvalue weighted by atomic mass is 31.2. The van der Waals surface area contributed by atoms with Crippen LogP contribution in [0.5, 0.6) is 23.0 Å². The second-order valence-corrected chi connectivity index (χ2v) is 13.0. The molecular formula is C35H56N3O10P. The zero-order valence-electron chi connectivity index (χ0n) is 29.9. The van der Waals surface area contributed by atoms with Gasteiger partial charge in [-0.25, -0.2) is 4.57 Å². The molecule has 13 nitrogen and oxygen atoms in total. The second-order valence-electron chi connectivity index (χ2n) is 11.9. The van der Waals surface area contributed by atoms with Crippen LogP contribution < -0.4 is 24.3 Å². The first-order chi connectivity index (χ1) is 23.4. The second kappa shape index (κ2) is 21.7. The Hall–Kier alpha value is -3.35. The van der Waals surface area contributed by atoms with Crippen LogP contribution in [-0.2, 0) is 27.0 Å². The number of rotatable bonds is 19. The van der Waals surface area contributed by atoms with Crippen molar-refractivity contribution in [3.05, 3.63) is 47.0 Å². The SMILES string of the molecule is CCCCCCCCN(CC(=O)N1CCc2cc(OC)c(OC)cc2C1Cc1ccc(OC)c(OC)c1)C(=O)CNCCC.O=P(O)(O)O. The van der Waals surface area contributed by atoms with Crippen molar-refractivity contribution in [3.63, 3.8) is 0 Å². The summed E-state index contributed by atoms with van der Waals surface area (Å²) in [5.74, 6) is 2.51.